The zero-order chi connectivity index (χ0) is 6.31. The number of halogens is 4. The molecule has 0 amide bonds. The van der Waals surface area contributed by atoms with Crippen molar-refractivity contribution in [3.63, 3.8) is 0 Å². The number of hydrogen-bond donors (Lipinski definition) is 2. The van der Waals surface area contributed by atoms with Crippen molar-refractivity contribution >= 4 is 0 Å². The van der Waals surface area contributed by atoms with Gasteiger partial charge in [-0.05, 0) is 0 Å². The lowest BCUT2D eigenvalue weighted by Crippen LogP contribution is -3.00. The first kappa shape index (κ1) is 13.0. The molecule has 1 rings (SSSR count). The van der Waals surface area contributed by atoms with E-state index in [1.165, 1.54) is 0 Å². The molecule has 0 bridgehead atoms. The maximum atomic E-state index is 11.6. The van der Waals surface area contributed by atoms with Crippen molar-refractivity contribution in [3.05, 3.63) is 0 Å². The van der Waals surface area contributed by atoms with Crippen molar-refractivity contribution in [2.75, 3.05) is 0 Å². The quantitative estimate of drug-likeness (QED) is 0.417. The van der Waals surface area contributed by atoms with Crippen molar-refractivity contribution in [1.82, 2.24) is 0 Å². The summed E-state index contributed by atoms with van der Waals surface area (Å²) >= 11 is 0. The van der Waals surface area contributed by atoms with Crippen molar-refractivity contribution in [2.45, 2.75) is 18.5 Å². The molecule has 0 aromatic rings. The highest BCUT2D eigenvalue weighted by Crippen LogP contribution is 2.29. The Labute approximate surface area is 70.1 Å². The molecule has 6 N–H and O–H groups in total. The summed E-state index contributed by atoms with van der Waals surface area (Å²) < 4.78 is 23.3. The van der Waals surface area contributed by atoms with Crippen LogP contribution in [0.15, 0.2) is 0 Å². The molecule has 6 heteroatoms. The average molecular weight is 195 g/mol. The monoisotopic (exact) mass is 194 g/mol. The van der Waals surface area contributed by atoms with E-state index in [1.54, 1.807) is 0 Å². The average Bonchev–Trinajstić information content (AvgIpc) is 2.15. The lowest BCUT2D eigenvalue weighted by Gasteiger charge is -1.85. The van der Waals surface area contributed by atoms with Gasteiger partial charge in [-0.3, -0.25) is 0 Å². The summed E-state index contributed by atoms with van der Waals surface area (Å²) in [6.07, 6.45) is -2.21. The zero-order valence-corrected chi connectivity index (χ0v) is 6.75. The van der Waals surface area contributed by atoms with E-state index in [4.69, 9.17) is 0 Å². The summed E-state index contributed by atoms with van der Waals surface area (Å²) in [7, 11) is 0. The van der Waals surface area contributed by atoms with Crippen LogP contribution in [0.25, 0.3) is 0 Å². The lowest BCUT2D eigenvalue weighted by atomic mass is 10.4. The zero-order valence-electron chi connectivity index (χ0n) is 5.24. The molecule has 0 aromatic heterocycles. The van der Waals surface area contributed by atoms with Crippen LogP contribution in [-0.4, -0.2) is 18.5 Å². The molecule has 1 fully saturated rings. The van der Waals surface area contributed by atoms with Crippen LogP contribution in [0, 0.1) is 5.92 Å². The smallest absolute Gasteiger partial charge is 0.253 e. The fourth-order valence-corrected chi connectivity index (χ4v) is 0.848. The van der Waals surface area contributed by atoms with E-state index in [0.29, 0.717) is 0 Å². The molecule has 0 aliphatic heterocycles. The Balaban J connectivity index is 0. The van der Waals surface area contributed by atoms with Gasteiger partial charge in [0, 0.05) is 0 Å². The molecule has 1 saturated carbocycles. The van der Waals surface area contributed by atoms with Gasteiger partial charge in [-0.15, -0.1) is 0 Å². The molecular weight excluding hydrogens is 185 g/mol. The predicted molar refractivity (Wildman–Crippen MR) is 22.8 cm³/mol. The molecule has 0 aromatic carbocycles. The SMILES string of the molecule is [Cl-].[Cl-].[NH3+]C1C([NH3+])C1C(F)F. The van der Waals surface area contributed by atoms with Gasteiger partial charge >= 0.3 is 0 Å². The Kier molecular flexibility index (Phi) is 5.56. The van der Waals surface area contributed by atoms with Crippen LogP contribution in [0.2, 0.25) is 0 Å². The van der Waals surface area contributed by atoms with E-state index in [0.717, 1.165) is 0 Å². The van der Waals surface area contributed by atoms with E-state index in [2.05, 4.69) is 11.5 Å². The summed E-state index contributed by atoms with van der Waals surface area (Å²) in [4.78, 5) is 0. The third-order valence-corrected chi connectivity index (χ3v) is 1.69. The van der Waals surface area contributed by atoms with Gasteiger partial charge in [-0.2, -0.15) is 0 Å². The number of quaternary nitrogens is 2. The molecule has 0 radical (unpaired) electrons. The van der Waals surface area contributed by atoms with Crippen molar-refractivity contribution < 1.29 is 45.1 Å². The Morgan fingerprint density at radius 2 is 1.30 bits per heavy atom. The van der Waals surface area contributed by atoms with Gasteiger partial charge in [0.25, 0.3) is 6.43 Å². The summed E-state index contributed by atoms with van der Waals surface area (Å²) in [5.41, 5.74) is 6.98. The summed E-state index contributed by atoms with van der Waals surface area (Å²) in [5, 5.41) is 0. The first-order valence-electron chi connectivity index (χ1n) is 2.59. The molecule has 64 valence electrons. The fourth-order valence-electron chi connectivity index (χ4n) is 0.848. The van der Waals surface area contributed by atoms with Gasteiger partial charge in [-0.25, -0.2) is 8.78 Å². The van der Waals surface area contributed by atoms with E-state index < -0.39 is 12.3 Å². The topological polar surface area (TPSA) is 55.3 Å². The molecule has 0 heterocycles. The molecule has 1 aliphatic rings. The van der Waals surface area contributed by atoms with Crippen LogP contribution in [0.1, 0.15) is 0 Å². The molecule has 1 aliphatic carbocycles. The van der Waals surface area contributed by atoms with Crippen LogP contribution in [0.5, 0.6) is 0 Å². The molecule has 2 unspecified atom stereocenters. The van der Waals surface area contributed by atoms with Gasteiger partial charge in [-0.1, -0.05) is 0 Å². The maximum Gasteiger partial charge on any atom is 0.253 e. The van der Waals surface area contributed by atoms with Gasteiger partial charge in [0.05, 0.1) is 0 Å². The van der Waals surface area contributed by atoms with Crippen molar-refractivity contribution in [3.8, 4) is 0 Å². The van der Waals surface area contributed by atoms with E-state index in [-0.39, 0.29) is 36.9 Å². The van der Waals surface area contributed by atoms with Gasteiger partial charge in [0.15, 0.2) is 12.1 Å². The minimum absolute atomic E-state index is 0. The second-order valence-corrected chi connectivity index (χ2v) is 2.24. The number of alkyl halides is 2. The Morgan fingerprint density at radius 3 is 1.30 bits per heavy atom. The van der Waals surface area contributed by atoms with Crippen LogP contribution in [0.4, 0.5) is 8.78 Å². The first-order valence-corrected chi connectivity index (χ1v) is 2.59. The first-order chi connectivity index (χ1) is 3.64. The molecule has 0 spiro atoms. The minimum atomic E-state index is -2.21. The molecule has 0 saturated heterocycles. The summed E-state index contributed by atoms with van der Waals surface area (Å²) in [5.74, 6) is -0.519. The minimum Gasteiger partial charge on any atom is -1.00 e. The normalized spacial score (nSPS) is 36.3. The second-order valence-electron chi connectivity index (χ2n) is 2.24. The molecule has 2 nitrogen and oxygen atoms in total. The molecule has 10 heavy (non-hydrogen) atoms. The van der Waals surface area contributed by atoms with E-state index >= 15 is 0 Å². The van der Waals surface area contributed by atoms with Crippen LogP contribution < -0.4 is 36.3 Å². The second kappa shape index (κ2) is 4.28. The Morgan fingerprint density at radius 1 is 1.00 bits per heavy atom. The largest absolute Gasteiger partial charge is 1.00 e. The van der Waals surface area contributed by atoms with Gasteiger partial charge in [0.2, 0.25) is 0 Å². The van der Waals surface area contributed by atoms with Crippen molar-refractivity contribution in [1.29, 1.82) is 0 Å². The molecular formula is C4H10Cl2F2N2. The summed E-state index contributed by atoms with van der Waals surface area (Å²) in [6, 6.07) is -0.204. The van der Waals surface area contributed by atoms with Crippen LogP contribution >= 0.6 is 0 Å². The highest BCUT2D eigenvalue weighted by atomic mass is 35.5. The number of rotatable bonds is 1. The third-order valence-electron chi connectivity index (χ3n) is 1.69. The fraction of sp³-hybridized carbons (Fsp3) is 1.00. The Bertz CT molecular complexity index is 88.5. The third kappa shape index (κ3) is 2.20. The Hall–Kier alpha value is 0.360. The lowest BCUT2D eigenvalue weighted by molar-refractivity contribution is -0.457. The number of hydrogen-bond acceptors (Lipinski definition) is 0. The molecule has 2 atom stereocenters. The standard InChI is InChI=1S/C4H8F2N2.2ClH/c5-4(6)1-2(7)3(1)8;;/h1-4H,7-8H2;2*1H. The van der Waals surface area contributed by atoms with E-state index in [1.807, 2.05) is 0 Å². The summed E-state index contributed by atoms with van der Waals surface area (Å²) in [6.45, 7) is 0. The predicted octanol–water partition coefficient (Wildman–Crippen LogP) is -7.89. The van der Waals surface area contributed by atoms with Crippen LogP contribution in [0.3, 0.4) is 0 Å². The maximum absolute atomic E-state index is 11.6. The van der Waals surface area contributed by atoms with E-state index in [9.17, 15) is 8.78 Å². The van der Waals surface area contributed by atoms with Crippen molar-refractivity contribution in [2.24, 2.45) is 5.92 Å². The van der Waals surface area contributed by atoms with Gasteiger partial charge in [0.1, 0.15) is 5.92 Å². The highest BCUT2D eigenvalue weighted by molar-refractivity contribution is 4.96. The van der Waals surface area contributed by atoms with Crippen LogP contribution in [-0.2, 0) is 0 Å². The van der Waals surface area contributed by atoms with Gasteiger partial charge < -0.3 is 36.3 Å². The highest BCUT2D eigenvalue weighted by Gasteiger charge is 2.59.